The van der Waals surface area contributed by atoms with Crippen molar-refractivity contribution >= 4 is 17.4 Å². The van der Waals surface area contributed by atoms with Gasteiger partial charge in [-0.3, -0.25) is 0 Å². The highest BCUT2D eigenvalue weighted by Crippen LogP contribution is 2.44. The van der Waals surface area contributed by atoms with Gasteiger partial charge >= 0.3 is 12.4 Å². The molecular formula is C24H19F3N4O4. The molecule has 2 heterocycles. The summed E-state index contributed by atoms with van der Waals surface area (Å²) < 4.78 is 52.7. The van der Waals surface area contributed by atoms with E-state index in [4.69, 9.17) is 9.47 Å². The third kappa shape index (κ3) is 5.92. The number of rotatable bonds is 5. The molecule has 0 saturated heterocycles. The van der Waals surface area contributed by atoms with Crippen molar-refractivity contribution in [3.05, 3.63) is 65.9 Å². The Morgan fingerprint density at radius 2 is 1.86 bits per heavy atom. The fraction of sp³-hybridized carbons (Fsp3) is 0.208. The zero-order valence-electron chi connectivity index (χ0n) is 18.6. The van der Waals surface area contributed by atoms with E-state index in [9.17, 15) is 23.2 Å². The number of benzene rings is 2. The first-order chi connectivity index (χ1) is 16.5. The summed E-state index contributed by atoms with van der Waals surface area (Å²) in [6.45, 7) is 3.90. The largest absolute Gasteiger partial charge is 0.573 e. The number of hydrogen-bond acceptors (Lipinski definition) is 6. The summed E-state index contributed by atoms with van der Waals surface area (Å²) in [6.07, 6.45) is -4.13. The fourth-order valence-electron chi connectivity index (χ4n) is 3.47. The number of nitrogens with zero attached hydrogens (tertiary/aromatic N) is 2. The van der Waals surface area contributed by atoms with E-state index >= 15 is 0 Å². The molecule has 0 atom stereocenters. The number of carbonyl (C=O) groups excluding carboxylic acids is 1. The average Bonchev–Trinajstić information content (AvgIpc) is 3.10. The van der Waals surface area contributed by atoms with Crippen LogP contribution in [0.1, 0.15) is 25.1 Å². The molecule has 0 aliphatic carbocycles. The van der Waals surface area contributed by atoms with Crippen LogP contribution in [0.25, 0.3) is 0 Å². The number of aromatic nitrogens is 1. The van der Waals surface area contributed by atoms with Crippen LogP contribution in [0.2, 0.25) is 0 Å². The van der Waals surface area contributed by atoms with Crippen molar-refractivity contribution in [2.45, 2.75) is 32.2 Å². The maximum atomic E-state index is 12.5. The number of ether oxygens (including phenoxy) is 3. The lowest BCUT2D eigenvalue weighted by Crippen LogP contribution is -2.24. The number of urea groups is 1. The minimum Gasteiger partial charge on any atom is -0.483 e. The first-order valence-corrected chi connectivity index (χ1v) is 10.3. The number of carbonyl (C=O) groups is 1. The molecule has 2 N–H and O–H groups in total. The van der Waals surface area contributed by atoms with Crippen LogP contribution in [0.4, 0.5) is 29.3 Å². The molecule has 0 fully saturated rings. The van der Waals surface area contributed by atoms with Crippen LogP contribution >= 0.6 is 0 Å². The summed E-state index contributed by atoms with van der Waals surface area (Å²) in [6, 6.07) is 14.1. The number of nitrogens with one attached hydrogen (secondary N) is 2. The quantitative estimate of drug-likeness (QED) is 0.460. The predicted molar refractivity (Wildman–Crippen MR) is 120 cm³/mol. The zero-order chi connectivity index (χ0) is 25.2. The van der Waals surface area contributed by atoms with Crippen molar-refractivity contribution < 1.29 is 32.2 Å². The second-order valence-corrected chi connectivity index (χ2v) is 8.20. The molecular weight excluding hydrogens is 465 g/mol. The number of halogens is 3. The van der Waals surface area contributed by atoms with Crippen LogP contribution in [0, 0.1) is 11.3 Å². The van der Waals surface area contributed by atoms with Crippen LogP contribution in [-0.4, -0.2) is 23.0 Å². The second-order valence-electron chi connectivity index (χ2n) is 8.20. The Kier molecular flexibility index (Phi) is 6.13. The molecule has 180 valence electrons. The summed E-state index contributed by atoms with van der Waals surface area (Å²) in [5.74, 6) is 0.476. The van der Waals surface area contributed by atoms with Gasteiger partial charge in [0.05, 0.1) is 0 Å². The average molecular weight is 484 g/mol. The van der Waals surface area contributed by atoms with E-state index in [2.05, 4.69) is 20.4 Å². The Morgan fingerprint density at radius 3 is 2.54 bits per heavy atom. The van der Waals surface area contributed by atoms with E-state index in [1.54, 1.807) is 12.1 Å². The monoisotopic (exact) mass is 484 g/mol. The standard InChI is InChI=1S/C24H19F3N4O4/c1-23(2)12-14-4-3-5-19(20(14)35-23)33-21-18(11-8-16(13-28)29-21)31-22(32)30-15-6-9-17(10-7-15)34-24(25,26)27/h3-11H,12H2,1-2H3,(H2,30,31,32). The molecule has 11 heteroatoms. The highest BCUT2D eigenvalue weighted by molar-refractivity contribution is 6.00. The molecule has 0 saturated carbocycles. The topological polar surface area (TPSA) is 106 Å². The molecule has 2 aromatic carbocycles. The van der Waals surface area contributed by atoms with E-state index in [1.165, 1.54) is 24.3 Å². The molecule has 4 rings (SSSR count). The number of amides is 2. The minimum atomic E-state index is -4.81. The molecule has 1 aliphatic rings. The van der Waals surface area contributed by atoms with Crippen LogP contribution in [0.3, 0.4) is 0 Å². The van der Waals surface area contributed by atoms with Gasteiger partial charge in [0.15, 0.2) is 11.5 Å². The number of para-hydroxylation sites is 1. The van der Waals surface area contributed by atoms with Gasteiger partial charge in [-0.2, -0.15) is 5.26 Å². The van der Waals surface area contributed by atoms with Gasteiger partial charge in [0, 0.05) is 17.7 Å². The summed E-state index contributed by atoms with van der Waals surface area (Å²) in [4.78, 5) is 16.7. The van der Waals surface area contributed by atoms with Gasteiger partial charge in [0.2, 0.25) is 5.88 Å². The maximum Gasteiger partial charge on any atom is 0.573 e. The van der Waals surface area contributed by atoms with Gasteiger partial charge in [0.25, 0.3) is 0 Å². The van der Waals surface area contributed by atoms with Crippen LogP contribution in [0.5, 0.6) is 23.1 Å². The molecule has 35 heavy (non-hydrogen) atoms. The minimum absolute atomic E-state index is 0.0326. The zero-order valence-corrected chi connectivity index (χ0v) is 18.6. The van der Waals surface area contributed by atoms with Crippen molar-refractivity contribution in [3.8, 4) is 29.2 Å². The van der Waals surface area contributed by atoms with Gasteiger partial charge in [-0.1, -0.05) is 12.1 Å². The summed E-state index contributed by atoms with van der Waals surface area (Å²) >= 11 is 0. The third-order valence-electron chi connectivity index (χ3n) is 4.83. The Bertz CT molecular complexity index is 1300. The first kappa shape index (κ1) is 23.7. The summed E-state index contributed by atoms with van der Waals surface area (Å²) in [5, 5.41) is 14.3. The van der Waals surface area contributed by atoms with E-state index in [1.807, 2.05) is 26.0 Å². The first-order valence-electron chi connectivity index (χ1n) is 10.3. The van der Waals surface area contributed by atoms with Gasteiger partial charge in [-0.15, -0.1) is 13.2 Å². The molecule has 0 radical (unpaired) electrons. The number of alkyl halides is 3. The number of fused-ring (bicyclic) bond motifs is 1. The molecule has 1 aromatic heterocycles. The van der Waals surface area contributed by atoms with Crippen molar-refractivity contribution in [1.29, 1.82) is 5.26 Å². The van der Waals surface area contributed by atoms with Gasteiger partial charge in [0.1, 0.15) is 28.8 Å². The van der Waals surface area contributed by atoms with Crippen molar-refractivity contribution in [3.63, 3.8) is 0 Å². The second kappa shape index (κ2) is 9.06. The van der Waals surface area contributed by atoms with Gasteiger partial charge in [-0.25, -0.2) is 9.78 Å². The summed E-state index contributed by atoms with van der Waals surface area (Å²) in [5.41, 5.74) is 0.992. The smallest absolute Gasteiger partial charge is 0.483 e. The van der Waals surface area contributed by atoms with Gasteiger partial charge < -0.3 is 24.8 Å². The van der Waals surface area contributed by atoms with E-state index in [0.717, 1.165) is 17.7 Å². The number of pyridine rings is 1. The third-order valence-corrected chi connectivity index (χ3v) is 4.83. The summed E-state index contributed by atoms with van der Waals surface area (Å²) in [7, 11) is 0. The number of anilines is 2. The Balaban J connectivity index is 1.51. The lowest BCUT2D eigenvalue weighted by Gasteiger charge is -2.18. The highest BCUT2D eigenvalue weighted by atomic mass is 19.4. The molecule has 0 spiro atoms. The Labute approximate surface area is 198 Å². The molecule has 3 aromatic rings. The lowest BCUT2D eigenvalue weighted by atomic mass is 10.0. The molecule has 1 aliphatic heterocycles. The molecule has 8 nitrogen and oxygen atoms in total. The Hall–Kier alpha value is -4.46. The Morgan fingerprint density at radius 1 is 1.11 bits per heavy atom. The van der Waals surface area contributed by atoms with Crippen LogP contribution in [-0.2, 0) is 6.42 Å². The van der Waals surface area contributed by atoms with Gasteiger partial charge in [-0.05, 0) is 56.3 Å². The molecule has 0 unspecified atom stereocenters. The number of hydrogen-bond donors (Lipinski definition) is 2. The SMILES string of the molecule is CC1(C)Cc2cccc(Oc3nc(C#N)ccc3NC(=O)Nc3ccc(OC(F)(F)F)cc3)c2O1. The molecule has 0 bridgehead atoms. The van der Waals surface area contributed by atoms with Crippen LogP contribution < -0.4 is 24.8 Å². The van der Waals surface area contributed by atoms with Crippen molar-refractivity contribution in [1.82, 2.24) is 4.98 Å². The molecule has 2 amide bonds. The fourth-order valence-corrected chi connectivity index (χ4v) is 3.47. The highest BCUT2D eigenvalue weighted by Gasteiger charge is 2.33. The van der Waals surface area contributed by atoms with Crippen LogP contribution in [0.15, 0.2) is 54.6 Å². The predicted octanol–water partition coefficient (Wildman–Crippen LogP) is 6.00. The van der Waals surface area contributed by atoms with Crippen molar-refractivity contribution in [2.75, 3.05) is 10.6 Å². The number of nitriles is 1. The van der Waals surface area contributed by atoms with Crippen molar-refractivity contribution in [2.24, 2.45) is 0 Å². The van der Waals surface area contributed by atoms with E-state index in [-0.39, 0.29) is 22.9 Å². The maximum absolute atomic E-state index is 12.5. The van der Waals surface area contributed by atoms with E-state index in [0.29, 0.717) is 17.9 Å². The lowest BCUT2D eigenvalue weighted by molar-refractivity contribution is -0.274. The normalized spacial score (nSPS) is 13.7. The van der Waals surface area contributed by atoms with E-state index < -0.39 is 23.7 Å².